The summed E-state index contributed by atoms with van der Waals surface area (Å²) in [5.41, 5.74) is 7.80. The first-order valence-electron chi connectivity index (χ1n) is 6.21. The summed E-state index contributed by atoms with van der Waals surface area (Å²) < 4.78 is 0. The number of rotatable bonds is 5. The van der Waals surface area contributed by atoms with Gasteiger partial charge in [0.25, 0.3) is 0 Å². The summed E-state index contributed by atoms with van der Waals surface area (Å²) in [6, 6.07) is 7.49. The van der Waals surface area contributed by atoms with Crippen molar-refractivity contribution in [2.24, 2.45) is 5.73 Å². The summed E-state index contributed by atoms with van der Waals surface area (Å²) in [7, 11) is 0. The molecule has 3 heteroatoms. The molecule has 0 unspecified atom stereocenters. The Balaban J connectivity index is 2.68. The number of carbonyl (C=O) groups is 1. The van der Waals surface area contributed by atoms with Crippen LogP contribution in [0.25, 0.3) is 0 Å². The molecule has 1 aromatic carbocycles. The van der Waals surface area contributed by atoms with Crippen LogP contribution in [0.2, 0.25) is 0 Å². The number of hydrogen-bond acceptors (Lipinski definition) is 2. The van der Waals surface area contributed by atoms with E-state index in [9.17, 15) is 4.79 Å². The molecule has 0 aliphatic heterocycles. The van der Waals surface area contributed by atoms with Crippen molar-refractivity contribution >= 4 is 11.6 Å². The number of anilines is 1. The van der Waals surface area contributed by atoms with Gasteiger partial charge in [-0.05, 0) is 30.0 Å². The van der Waals surface area contributed by atoms with Gasteiger partial charge in [0.2, 0.25) is 5.91 Å². The lowest BCUT2D eigenvalue weighted by Gasteiger charge is -2.13. The Labute approximate surface area is 103 Å². The molecule has 1 rings (SSSR count). The smallest absolute Gasteiger partial charge is 0.241 e. The molecule has 3 nitrogen and oxygen atoms in total. The van der Waals surface area contributed by atoms with Crippen molar-refractivity contribution in [1.82, 2.24) is 0 Å². The Kier molecular flexibility index (Phi) is 5.16. The molecule has 0 aliphatic carbocycles. The molecule has 0 aromatic heterocycles. The van der Waals surface area contributed by atoms with E-state index in [1.807, 2.05) is 25.1 Å². The van der Waals surface area contributed by atoms with Gasteiger partial charge in [0, 0.05) is 5.69 Å². The van der Waals surface area contributed by atoms with E-state index < -0.39 is 6.04 Å². The molecule has 0 radical (unpaired) electrons. The van der Waals surface area contributed by atoms with Crippen LogP contribution >= 0.6 is 0 Å². The van der Waals surface area contributed by atoms with Gasteiger partial charge in [-0.3, -0.25) is 4.79 Å². The van der Waals surface area contributed by atoms with Gasteiger partial charge in [0.05, 0.1) is 6.04 Å². The van der Waals surface area contributed by atoms with Gasteiger partial charge in [-0.15, -0.1) is 0 Å². The van der Waals surface area contributed by atoms with Crippen molar-refractivity contribution in [3.8, 4) is 0 Å². The van der Waals surface area contributed by atoms with Gasteiger partial charge in [-0.25, -0.2) is 0 Å². The molecule has 0 spiro atoms. The van der Waals surface area contributed by atoms with Crippen molar-refractivity contribution in [2.75, 3.05) is 5.32 Å². The van der Waals surface area contributed by atoms with Crippen LogP contribution < -0.4 is 11.1 Å². The number of nitrogens with one attached hydrogen (secondary N) is 1. The minimum absolute atomic E-state index is 0.104. The highest BCUT2D eigenvalue weighted by Crippen LogP contribution is 2.18. The van der Waals surface area contributed by atoms with Crippen molar-refractivity contribution in [3.05, 3.63) is 29.8 Å². The quantitative estimate of drug-likeness (QED) is 0.823. The first-order valence-corrected chi connectivity index (χ1v) is 6.21. The maximum absolute atomic E-state index is 11.7. The van der Waals surface area contributed by atoms with E-state index in [-0.39, 0.29) is 5.91 Å². The van der Waals surface area contributed by atoms with Crippen LogP contribution in [0.3, 0.4) is 0 Å². The summed E-state index contributed by atoms with van der Waals surface area (Å²) in [6.45, 7) is 6.28. The normalized spacial score (nSPS) is 12.5. The second-order valence-electron chi connectivity index (χ2n) is 4.66. The molecule has 0 saturated carbocycles. The zero-order valence-corrected chi connectivity index (χ0v) is 10.9. The van der Waals surface area contributed by atoms with Crippen LogP contribution in [0.5, 0.6) is 0 Å². The average Bonchev–Trinajstić information content (AvgIpc) is 2.29. The van der Waals surface area contributed by atoms with E-state index in [0.717, 1.165) is 18.5 Å². The second kappa shape index (κ2) is 6.40. The van der Waals surface area contributed by atoms with Gasteiger partial charge in [-0.1, -0.05) is 39.3 Å². The minimum Gasteiger partial charge on any atom is -0.325 e. The molecule has 0 heterocycles. The molecule has 0 aliphatic rings. The molecule has 0 bridgehead atoms. The van der Waals surface area contributed by atoms with Gasteiger partial charge < -0.3 is 11.1 Å². The Bertz CT molecular complexity index is 374. The highest BCUT2D eigenvalue weighted by Gasteiger charge is 2.12. The number of benzene rings is 1. The molecule has 0 fully saturated rings. The number of hydrogen-bond donors (Lipinski definition) is 2. The maximum atomic E-state index is 11.7. The Morgan fingerprint density at radius 1 is 1.41 bits per heavy atom. The molecule has 1 atom stereocenters. The van der Waals surface area contributed by atoms with E-state index in [0.29, 0.717) is 5.92 Å². The first kappa shape index (κ1) is 13.7. The topological polar surface area (TPSA) is 55.1 Å². The standard InChI is InChI=1S/C14H22N2O/c1-4-6-13(15)14(17)16-12-8-5-7-11(9-12)10(2)3/h5,7-10,13H,4,6,15H2,1-3H3,(H,16,17)/t13-/m1/s1. The van der Waals surface area contributed by atoms with Gasteiger partial charge in [-0.2, -0.15) is 0 Å². The van der Waals surface area contributed by atoms with E-state index in [1.165, 1.54) is 5.56 Å². The van der Waals surface area contributed by atoms with Crippen LogP contribution in [0, 0.1) is 0 Å². The lowest BCUT2D eigenvalue weighted by atomic mass is 10.0. The molecule has 0 saturated heterocycles. The zero-order valence-electron chi connectivity index (χ0n) is 10.9. The van der Waals surface area contributed by atoms with Crippen molar-refractivity contribution in [2.45, 2.75) is 45.6 Å². The van der Waals surface area contributed by atoms with E-state index >= 15 is 0 Å². The largest absolute Gasteiger partial charge is 0.325 e. The Hall–Kier alpha value is -1.35. The summed E-state index contributed by atoms with van der Waals surface area (Å²) in [5, 5.41) is 2.86. The van der Waals surface area contributed by atoms with Crippen LogP contribution in [0.15, 0.2) is 24.3 Å². The lowest BCUT2D eigenvalue weighted by molar-refractivity contribution is -0.117. The van der Waals surface area contributed by atoms with Gasteiger partial charge in [0.1, 0.15) is 0 Å². The Morgan fingerprint density at radius 3 is 2.71 bits per heavy atom. The second-order valence-corrected chi connectivity index (χ2v) is 4.66. The SMILES string of the molecule is CCC[C@@H](N)C(=O)Nc1cccc(C(C)C)c1. The number of nitrogens with two attached hydrogens (primary N) is 1. The highest BCUT2D eigenvalue weighted by atomic mass is 16.2. The van der Waals surface area contributed by atoms with Crippen molar-refractivity contribution in [3.63, 3.8) is 0 Å². The van der Waals surface area contributed by atoms with Crippen molar-refractivity contribution in [1.29, 1.82) is 0 Å². The molecule has 94 valence electrons. The molecular formula is C14H22N2O. The van der Waals surface area contributed by atoms with E-state index in [1.54, 1.807) is 0 Å². The molecular weight excluding hydrogens is 212 g/mol. The summed E-state index contributed by atoms with van der Waals surface area (Å²) in [6.07, 6.45) is 1.64. The third kappa shape index (κ3) is 4.19. The maximum Gasteiger partial charge on any atom is 0.241 e. The Morgan fingerprint density at radius 2 is 2.12 bits per heavy atom. The minimum atomic E-state index is -0.414. The number of carbonyl (C=O) groups excluding carboxylic acids is 1. The molecule has 17 heavy (non-hydrogen) atoms. The van der Waals surface area contributed by atoms with Gasteiger partial charge in [0.15, 0.2) is 0 Å². The van der Waals surface area contributed by atoms with E-state index in [2.05, 4.69) is 25.2 Å². The fraction of sp³-hybridized carbons (Fsp3) is 0.500. The van der Waals surface area contributed by atoms with Gasteiger partial charge >= 0.3 is 0 Å². The fourth-order valence-corrected chi connectivity index (χ4v) is 1.65. The van der Waals surface area contributed by atoms with Crippen LogP contribution in [0.4, 0.5) is 5.69 Å². The van der Waals surface area contributed by atoms with E-state index in [4.69, 9.17) is 5.73 Å². The average molecular weight is 234 g/mol. The monoisotopic (exact) mass is 234 g/mol. The van der Waals surface area contributed by atoms with Crippen LogP contribution in [-0.2, 0) is 4.79 Å². The predicted octanol–water partition coefficient (Wildman–Crippen LogP) is 2.88. The summed E-state index contributed by atoms with van der Waals surface area (Å²) in [4.78, 5) is 11.7. The molecule has 3 N–H and O–H groups in total. The summed E-state index contributed by atoms with van der Waals surface area (Å²) in [5.74, 6) is 0.351. The summed E-state index contributed by atoms with van der Waals surface area (Å²) >= 11 is 0. The third-order valence-corrected chi connectivity index (χ3v) is 2.76. The lowest BCUT2D eigenvalue weighted by Crippen LogP contribution is -2.35. The zero-order chi connectivity index (χ0) is 12.8. The molecule has 1 aromatic rings. The van der Waals surface area contributed by atoms with Crippen LogP contribution in [0.1, 0.15) is 45.1 Å². The highest BCUT2D eigenvalue weighted by molar-refractivity contribution is 5.94. The predicted molar refractivity (Wildman–Crippen MR) is 72.0 cm³/mol. The number of amides is 1. The first-order chi connectivity index (χ1) is 8.04. The molecule has 1 amide bonds. The van der Waals surface area contributed by atoms with Crippen molar-refractivity contribution < 1.29 is 4.79 Å². The van der Waals surface area contributed by atoms with Crippen LogP contribution in [-0.4, -0.2) is 11.9 Å². The fourth-order valence-electron chi connectivity index (χ4n) is 1.65. The third-order valence-electron chi connectivity index (χ3n) is 2.76.